The van der Waals surface area contributed by atoms with Crippen molar-refractivity contribution in [2.24, 2.45) is 0 Å². The zero-order chi connectivity index (χ0) is 17.2. The van der Waals surface area contributed by atoms with Crippen LogP contribution >= 0.6 is 11.3 Å². The second-order valence-electron chi connectivity index (χ2n) is 5.86. The second kappa shape index (κ2) is 7.03. The Morgan fingerprint density at radius 2 is 1.79 bits per heavy atom. The molecule has 6 heteroatoms. The summed E-state index contributed by atoms with van der Waals surface area (Å²) in [6, 6.07) is 17.0. The van der Waals surface area contributed by atoms with Gasteiger partial charge < -0.3 is 4.90 Å². The van der Waals surface area contributed by atoms with Gasteiger partial charge in [0.2, 0.25) is 10.0 Å². The number of thiophene rings is 1. The molecule has 126 valence electrons. The largest absolute Gasteiger partial charge is 0.300 e. The molecule has 0 radical (unpaired) electrons. The van der Waals surface area contributed by atoms with E-state index in [2.05, 4.69) is 4.72 Å². The Kier molecular flexibility index (Phi) is 5.01. The van der Waals surface area contributed by atoms with E-state index in [1.807, 2.05) is 66.8 Å². The Morgan fingerprint density at radius 1 is 1.04 bits per heavy atom. The van der Waals surface area contributed by atoms with Crippen LogP contribution in [0.15, 0.2) is 64.9 Å². The molecule has 0 amide bonds. The number of fused-ring (bicyclic) bond motifs is 1. The summed E-state index contributed by atoms with van der Waals surface area (Å²) in [5.41, 5.74) is 0. The molecule has 0 bridgehead atoms. The highest BCUT2D eigenvalue weighted by Crippen LogP contribution is 2.24. The van der Waals surface area contributed by atoms with Crippen LogP contribution in [0.2, 0.25) is 0 Å². The van der Waals surface area contributed by atoms with Crippen molar-refractivity contribution in [3.63, 3.8) is 0 Å². The van der Waals surface area contributed by atoms with Gasteiger partial charge in [-0.15, -0.1) is 11.3 Å². The normalized spacial score (nSPS) is 13.5. The molecule has 1 heterocycles. The van der Waals surface area contributed by atoms with Crippen LogP contribution in [0.25, 0.3) is 10.8 Å². The van der Waals surface area contributed by atoms with Crippen LogP contribution in [0.1, 0.15) is 10.9 Å². The fraction of sp³-hybridized carbons (Fsp3) is 0.222. The molecular weight excluding hydrogens is 340 g/mol. The minimum absolute atomic E-state index is 0.0141. The topological polar surface area (TPSA) is 49.4 Å². The molecule has 3 aromatic rings. The molecule has 0 aliphatic rings. The van der Waals surface area contributed by atoms with Crippen LogP contribution in [-0.4, -0.2) is 34.0 Å². The van der Waals surface area contributed by atoms with E-state index in [1.54, 1.807) is 23.5 Å². The summed E-state index contributed by atoms with van der Waals surface area (Å²) >= 11 is 1.63. The number of sulfonamides is 1. The van der Waals surface area contributed by atoms with Crippen LogP contribution in [0.5, 0.6) is 0 Å². The maximum atomic E-state index is 12.6. The molecule has 1 aromatic heterocycles. The van der Waals surface area contributed by atoms with E-state index >= 15 is 0 Å². The Balaban J connectivity index is 1.82. The molecule has 0 saturated carbocycles. The molecule has 1 N–H and O–H groups in total. The Labute approximate surface area is 146 Å². The summed E-state index contributed by atoms with van der Waals surface area (Å²) in [5, 5.41) is 3.95. The molecule has 0 aliphatic heterocycles. The van der Waals surface area contributed by atoms with E-state index in [1.165, 1.54) is 0 Å². The second-order valence-corrected chi connectivity index (χ2v) is 8.60. The molecule has 24 heavy (non-hydrogen) atoms. The van der Waals surface area contributed by atoms with Gasteiger partial charge in [-0.3, -0.25) is 0 Å². The van der Waals surface area contributed by atoms with Crippen LogP contribution < -0.4 is 4.72 Å². The van der Waals surface area contributed by atoms with E-state index in [0.29, 0.717) is 11.4 Å². The monoisotopic (exact) mass is 360 g/mol. The fourth-order valence-corrected chi connectivity index (χ4v) is 4.62. The number of rotatable bonds is 6. The van der Waals surface area contributed by atoms with Gasteiger partial charge in [0.15, 0.2) is 0 Å². The summed E-state index contributed by atoms with van der Waals surface area (Å²) in [4.78, 5) is 3.46. The minimum Gasteiger partial charge on any atom is -0.300 e. The summed E-state index contributed by atoms with van der Waals surface area (Å²) in [6.07, 6.45) is 0. The summed E-state index contributed by atoms with van der Waals surface area (Å²) in [6.45, 7) is 0.336. The quantitative estimate of drug-likeness (QED) is 0.732. The first-order valence-corrected chi connectivity index (χ1v) is 10.0. The van der Waals surface area contributed by atoms with Gasteiger partial charge in [0.1, 0.15) is 0 Å². The standard InChI is InChI=1S/C18H20N2O2S2/c1-20(2)17(18-8-5-11-23-18)13-19-24(21,22)16-10-9-14-6-3-4-7-15(14)12-16/h3-12,17,19H,13H2,1-2H3/t17-/m0/s1. The third-order valence-electron chi connectivity index (χ3n) is 3.99. The van der Waals surface area contributed by atoms with Gasteiger partial charge in [0, 0.05) is 11.4 Å². The summed E-state index contributed by atoms with van der Waals surface area (Å²) < 4.78 is 28.0. The number of nitrogens with zero attached hydrogens (tertiary/aromatic N) is 1. The lowest BCUT2D eigenvalue weighted by Gasteiger charge is -2.23. The van der Waals surface area contributed by atoms with Crippen molar-refractivity contribution in [3.05, 3.63) is 64.9 Å². The summed E-state index contributed by atoms with van der Waals surface area (Å²) in [7, 11) is 0.363. The maximum absolute atomic E-state index is 12.6. The zero-order valence-corrected chi connectivity index (χ0v) is 15.3. The smallest absolute Gasteiger partial charge is 0.240 e. The highest BCUT2D eigenvalue weighted by Gasteiger charge is 2.20. The fourth-order valence-electron chi connectivity index (χ4n) is 2.63. The lowest BCUT2D eigenvalue weighted by atomic mass is 10.1. The molecule has 1 atom stereocenters. The van der Waals surface area contributed by atoms with Gasteiger partial charge in [-0.1, -0.05) is 36.4 Å². The third-order valence-corrected chi connectivity index (χ3v) is 6.39. The van der Waals surface area contributed by atoms with Gasteiger partial charge in [-0.05, 0) is 48.4 Å². The number of likely N-dealkylation sites (N-methyl/N-ethyl adjacent to an activating group) is 1. The maximum Gasteiger partial charge on any atom is 0.240 e. The molecule has 2 aromatic carbocycles. The highest BCUT2D eigenvalue weighted by molar-refractivity contribution is 7.89. The third kappa shape index (κ3) is 3.67. The van der Waals surface area contributed by atoms with Crippen molar-refractivity contribution < 1.29 is 8.42 Å². The number of hydrogen-bond donors (Lipinski definition) is 1. The highest BCUT2D eigenvalue weighted by atomic mass is 32.2. The first-order chi connectivity index (χ1) is 11.5. The lowest BCUT2D eigenvalue weighted by molar-refractivity contribution is 0.303. The Morgan fingerprint density at radius 3 is 2.46 bits per heavy atom. The Bertz CT molecular complexity index is 919. The molecule has 0 aliphatic carbocycles. The predicted octanol–water partition coefficient (Wildman–Crippen LogP) is 3.48. The molecule has 0 fully saturated rings. The van der Waals surface area contributed by atoms with Crippen molar-refractivity contribution in [2.75, 3.05) is 20.6 Å². The van der Waals surface area contributed by atoms with Crippen LogP contribution in [0.3, 0.4) is 0 Å². The molecule has 0 spiro atoms. The van der Waals surface area contributed by atoms with Gasteiger partial charge in [-0.2, -0.15) is 0 Å². The SMILES string of the molecule is CN(C)[C@@H](CNS(=O)(=O)c1ccc2ccccc2c1)c1cccs1. The zero-order valence-electron chi connectivity index (χ0n) is 13.6. The average molecular weight is 361 g/mol. The predicted molar refractivity (Wildman–Crippen MR) is 99.9 cm³/mol. The number of hydrogen-bond acceptors (Lipinski definition) is 4. The first-order valence-electron chi connectivity index (χ1n) is 7.66. The summed E-state index contributed by atoms with van der Waals surface area (Å²) in [5.74, 6) is 0. The number of benzene rings is 2. The van der Waals surface area contributed by atoms with Gasteiger partial charge in [0.25, 0.3) is 0 Å². The van der Waals surface area contributed by atoms with E-state index in [9.17, 15) is 8.42 Å². The molecular formula is C18H20N2O2S2. The van der Waals surface area contributed by atoms with E-state index < -0.39 is 10.0 Å². The lowest BCUT2D eigenvalue weighted by Crippen LogP contribution is -2.34. The van der Waals surface area contributed by atoms with Crippen molar-refractivity contribution in [2.45, 2.75) is 10.9 Å². The van der Waals surface area contributed by atoms with E-state index in [4.69, 9.17) is 0 Å². The van der Waals surface area contributed by atoms with Crippen molar-refractivity contribution in [3.8, 4) is 0 Å². The first kappa shape index (κ1) is 17.1. The van der Waals surface area contributed by atoms with Gasteiger partial charge in [-0.25, -0.2) is 13.1 Å². The molecule has 0 saturated heterocycles. The van der Waals surface area contributed by atoms with Crippen LogP contribution in [-0.2, 0) is 10.0 Å². The van der Waals surface area contributed by atoms with Crippen LogP contribution in [0.4, 0.5) is 0 Å². The van der Waals surface area contributed by atoms with E-state index in [-0.39, 0.29) is 6.04 Å². The molecule has 4 nitrogen and oxygen atoms in total. The Hall–Kier alpha value is -1.73. The average Bonchev–Trinajstić information content (AvgIpc) is 3.08. The van der Waals surface area contributed by atoms with Crippen LogP contribution in [0, 0.1) is 0 Å². The van der Waals surface area contributed by atoms with E-state index in [0.717, 1.165) is 15.6 Å². The number of nitrogens with one attached hydrogen (secondary N) is 1. The molecule has 3 rings (SSSR count). The van der Waals surface area contributed by atoms with Crippen molar-refractivity contribution >= 4 is 32.1 Å². The van der Waals surface area contributed by atoms with Gasteiger partial charge in [0.05, 0.1) is 10.9 Å². The van der Waals surface area contributed by atoms with Crippen molar-refractivity contribution in [1.82, 2.24) is 9.62 Å². The van der Waals surface area contributed by atoms with Crippen molar-refractivity contribution in [1.29, 1.82) is 0 Å². The minimum atomic E-state index is -3.54. The molecule has 0 unspecified atom stereocenters. The van der Waals surface area contributed by atoms with Gasteiger partial charge >= 0.3 is 0 Å².